The van der Waals surface area contributed by atoms with E-state index in [2.05, 4.69) is 30.2 Å². The molecule has 1 aliphatic rings. The van der Waals surface area contributed by atoms with Gasteiger partial charge in [0, 0.05) is 58.0 Å². The van der Waals surface area contributed by atoms with Crippen molar-refractivity contribution in [3.63, 3.8) is 0 Å². The second-order valence-electron chi connectivity index (χ2n) is 6.33. The van der Waals surface area contributed by atoms with Crippen molar-refractivity contribution in [2.45, 2.75) is 18.9 Å². The molecule has 3 aromatic heterocycles. The summed E-state index contributed by atoms with van der Waals surface area (Å²) in [6.45, 7) is 2.11. The fraction of sp³-hybridized carbons (Fsp3) is 0.412. The summed E-state index contributed by atoms with van der Waals surface area (Å²) >= 11 is 0. The van der Waals surface area contributed by atoms with Crippen LogP contribution in [0.4, 0.5) is 11.6 Å². The first-order chi connectivity index (χ1) is 12.2. The van der Waals surface area contributed by atoms with E-state index in [1.807, 2.05) is 41.7 Å². The molecule has 1 aliphatic heterocycles. The molecule has 4 heterocycles. The molecule has 0 radical (unpaired) electrons. The zero-order valence-corrected chi connectivity index (χ0v) is 14.5. The summed E-state index contributed by atoms with van der Waals surface area (Å²) in [5.41, 5.74) is 0. The SMILES string of the molecule is Cn1ccnc1C(Nc1cc(N2CCCC2)ncn1)c1nccn1C. The minimum absolute atomic E-state index is 0.193. The zero-order chi connectivity index (χ0) is 17.2. The summed E-state index contributed by atoms with van der Waals surface area (Å²) in [6, 6.07) is 1.81. The van der Waals surface area contributed by atoms with Gasteiger partial charge >= 0.3 is 0 Å². The largest absolute Gasteiger partial charge is 0.356 e. The van der Waals surface area contributed by atoms with E-state index in [0.29, 0.717) is 0 Å². The van der Waals surface area contributed by atoms with Crippen molar-refractivity contribution in [1.82, 2.24) is 29.1 Å². The molecule has 0 spiro atoms. The molecule has 3 aromatic rings. The van der Waals surface area contributed by atoms with Crippen LogP contribution in [0.3, 0.4) is 0 Å². The third kappa shape index (κ3) is 3.07. The minimum atomic E-state index is -0.193. The Labute approximate surface area is 146 Å². The van der Waals surface area contributed by atoms with Gasteiger partial charge in [-0.05, 0) is 12.8 Å². The first kappa shape index (κ1) is 15.6. The summed E-state index contributed by atoms with van der Waals surface area (Å²) in [7, 11) is 3.96. The third-order valence-corrected chi connectivity index (χ3v) is 4.61. The van der Waals surface area contributed by atoms with Crippen molar-refractivity contribution in [1.29, 1.82) is 0 Å². The number of imidazole rings is 2. The van der Waals surface area contributed by atoms with Crippen molar-refractivity contribution in [2.24, 2.45) is 14.1 Å². The zero-order valence-electron chi connectivity index (χ0n) is 14.5. The summed E-state index contributed by atoms with van der Waals surface area (Å²) in [6.07, 6.45) is 11.5. The number of aryl methyl sites for hydroxylation is 2. The lowest BCUT2D eigenvalue weighted by atomic mass is 10.2. The minimum Gasteiger partial charge on any atom is -0.356 e. The maximum absolute atomic E-state index is 4.50. The topological polar surface area (TPSA) is 76.7 Å². The smallest absolute Gasteiger partial charge is 0.145 e. The number of rotatable bonds is 5. The molecule has 25 heavy (non-hydrogen) atoms. The van der Waals surface area contributed by atoms with Crippen LogP contribution in [0.5, 0.6) is 0 Å². The van der Waals surface area contributed by atoms with Gasteiger partial charge in [0.05, 0.1) is 0 Å². The molecule has 0 bridgehead atoms. The quantitative estimate of drug-likeness (QED) is 0.764. The van der Waals surface area contributed by atoms with Crippen molar-refractivity contribution < 1.29 is 0 Å². The average Bonchev–Trinajstić information content (AvgIpc) is 3.35. The van der Waals surface area contributed by atoms with Crippen LogP contribution in [-0.4, -0.2) is 42.2 Å². The highest BCUT2D eigenvalue weighted by Gasteiger charge is 2.23. The van der Waals surface area contributed by atoms with Crippen LogP contribution in [-0.2, 0) is 14.1 Å². The van der Waals surface area contributed by atoms with Gasteiger partial charge in [0.25, 0.3) is 0 Å². The number of nitrogens with one attached hydrogen (secondary N) is 1. The molecule has 0 atom stereocenters. The van der Waals surface area contributed by atoms with Gasteiger partial charge in [0.2, 0.25) is 0 Å². The van der Waals surface area contributed by atoms with Gasteiger partial charge in [0.15, 0.2) is 0 Å². The summed E-state index contributed by atoms with van der Waals surface area (Å²) in [5, 5.41) is 3.48. The Morgan fingerprint density at radius 1 is 0.920 bits per heavy atom. The van der Waals surface area contributed by atoms with E-state index in [1.54, 1.807) is 18.7 Å². The molecule has 1 saturated heterocycles. The molecule has 0 aromatic carbocycles. The van der Waals surface area contributed by atoms with Crippen LogP contribution in [0.15, 0.2) is 37.2 Å². The molecule has 1 fully saturated rings. The Balaban J connectivity index is 1.66. The third-order valence-electron chi connectivity index (χ3n) is 4.61. The number of anilines is 2. The molecule has 0 unspecified atom stereocenters. The molecular formula is C17H22N8. The molecule has 0 amide bonds. The van der Waals surface area contributed by atoms with Crippen molar-refractivity contribution in [3.05, 3.63) is 48.8 Å². The lowest BCUT2D eigenvalue weighted by molar-refractivity contribution is 0.675. The molecule has 0 saturated carbocycles. The maximum Gasteiger partial charge on any atom is 0.145 e. The summed E-state index contributed by atoms with van der Waals surface area (Å²) < 4.78 is 3.99. The number of hydrogen-bond acceptors (Lipinski definition) is 6. The molecule has 130 valence electrons. The van der Waals surface area contributed by atoms with Gasteiger partial charge < -0.3 is 19.4 Å². The average molecular weight is 338 g/mol. The van der Waals surface area contributed by atoms with Crippen LogP contribution in [0.1, 0.15) is 30.5 Å². The number of nitrogens with zero attached hydrogens (tertiary/aromatic N) is 7. The van der Waals surface area contributed by atoms with Gasteiger partial charge in [-0.2, -0.15) is 0 Å². The van der Waals surface area contributed by atoms with Gasteiger partial charge in [-0.3, -0.25) is 0 Å². The Morgan fingerprint density at radius 2 is 1.56 bits per heavy atom. The van der Waals surface area contributed by atoms with Crippen LogP contribution in [0.2, 0.25) is 0 Å². The van der Waals surface area contributed by atoms with Crippen LogP contribution < -0.4 is 10.2 Å². The highest BCUT2D eigenvalue weighted by atomic mass is 15.2. The van der Waals surface area contributed by atoms with E-state index in [9.17, 15) is 0 Å². The second kappa shape index (κ2) is 6.54. The van der Waals surface area contributed by atoms with Gasteiger partial charge in [0.1, 0.15) is 35.7 Å². The van der Waals surface area contributed by atoms with Crippen molar-refractivity contribution in [3.8, 4) is 0 Å². The normalized spacial score (nSPS) is 14.4. The fourth-order valence-corrected chi connectivity index (χ4v) is 3.25. The first-order valence-electron chi connectivity index (χ1n) is 8.50. The molecule has 8 nitrogen and oxygen atoms in total. The maximum atomic E-state index is 4.50. The van der Waals surface area contributed by atoms with Gasteiger partial charge in [-0.25, -0.2) is 19.9 Å². The van der Waals surface area contributed by atoms with Crippen LogP contribution >= 0.6 is 0 Å². The molecule has 8 heteroatoms. The van der Waals surface area contributed by atoms with Crippen molar-refractivity contribution in [2.75, 3.05) is 23.3 Å². The summed E-state index contributed by atoms with van der Waals surface area (Å²) in [5.74, 6) is 3.51. The van der Waals surface area contributed by atoms with Crippen molar-refractivity contribution >= 4 is 11.6 Å². The molecule has 1 N–H and O–H groups in total. The lowest BCUT2D eigenvalue weighted by Gasteiger charge is -2.21. The Hall–Kier alpha value is -2.90. The van der Waals surface area contributed by atoms with Crippen LogP contribution in [0, 0.1) is 0 Å². The molecule has 0 aliphatic carbocycles. The molecular weight excluding hydrogens is 316 g/mol. The predicted octanol–water partition coefficient (Wildman–Crippen LogP) is 1.75. The van der Waals surface area contributed by atoms with E-state index < -0.39 is 0 Å². The van der Waals surface area contributed by atoms with E-state index in [-0.39, 0.29) is 6.04 Å². The highest BCUT2D eigenvalue weighted by molar-refractivity contribution is 5.50. The van der Waals surface area contributed by atoms with Gasteiger partial charge in [-0.15, -0.1) is 0 Å². The lowest BCUT2D eigenvalue weighted by Crippen LogP contribution is -2.22. The highest BCUT2D eigenvalue weighted by Crippen LogP contribution is 2.25. The second-order valence-corrected chi connectivity index (χ2v) is 6.33. The van der Waals surface area contributed by atoms with E-state index in [0.717, 1.165) is 36.4 Å². The standard InChI is InChI=1S/C17H22N8/c1-23-9-5-18-16(23)15(17-19-6-10-24(17)2)22-13-11-14(21-12-20-13)25-7-3-4-8-25/h5-6,9-12,15H,3-4,7-8H2,1-2H3,(H,20,21,22). The Kier molecular flexibility index (Phi) is 4.09. The van der Waals surface area contributed by atoms with E-state index >= 15 is 0 Å². The van der Waals surface area contributed by atoms with E-state index in [4.69, 9.17) is 0 Å². The Bertz CT molecular complexity index is 805. The summed E-state index contributed by atoms with van der Waals surface area (Å²) in [4.78, 5) is 20.1. The monoisotopic (exact) mass is 338 g/mol. The fourth-order valence-electron chi connectivity index (χ4n) is 3.25. The Morgan fingerprint density at radius 3 is 2.12 bits per heavy atom. The van der Waals surface area contributed by atoms with Crippen LogP contribution in [0.25, 0.3) is 0 Å². The molecule has 4 rings (SSSR count). The predicted molar refractivity (Wildman–Crippen MR) is 95.4 cm³/mol. The first-order valence-corrected chi connectivity index (χ1v) is 8.50. The van der Waals surface area contributed by atoms with Gasteiger partial charge in [-0.1, -0.05) is 0 Å². The number of hydrogen-bond donors (Lipinski definition) is 1. The number of aromatic nitrogens is 6. The van der Waals surface area contributed by atoms with E-state index in [1.165, 1.54) is 12.8 Å².